The summed E-state index contributed by atoms with van der Waals surface area (Å²) in [6.45, 7) is 15.1. The number of hydrogen-bond acceptors (Lipinski definition) is 16. The zero-order valence-corrected chi connectivity index (χ0v) is 38.4. The first kappa shape index (κ1) is 47.8. The Kier molecular flexibility index (Phi) is 13.8. The molecule has 6 fully saturated rings. The van der Waals surface area contributed by atoms with Crippen molar-refractivity contribution in [3.8, 4) is 0 Å². The lowest BCUT2D eigenvalue weighted by molar-refractivity contribution is -0.311. The molecule has 6 saturated heterocycles. The molecule has 352 valence electrons. The van der Waals surface area contributed by atoms with Crippen molar-refractivity contribution in [2.45, 2.75) is 225 Å². The predicted molar refractivity (Wildman–Crippen MR) is 224 cm³/mol. The Morgan fingerprint density at radius 3 is 1.92 bits per heavy atom. The van der Waals surface area contributed by atoms with Gasteiger partial charge >= 0.3 is 26.3 Å². The number of ether oxygens (including phenoxy) is 6. The molecule has 0 aliphatic carbocycles. The number of carbonyl (C=O) groups excluding carboxylic acids is 3. The second kappa shape index (κ2) is 17.9. The van der Waals surface area contributed by atoms with E-state index in [-0.39, 0.29) is 19.9 Å². The van der Waals surface area contributed by atoms with Crippen molar-refractivity contribution in [2.75, 3.05) is 0 Å². The van der Waals surface area contributed by atoms with Crippen molar-refractivity contribution >= 4 is 24.9 Å². The first-order valence-corrected chi connectivity index (χ1v) is 23.3. The Balaban J connectivity index is 0.00000661. The fourth-order valence-corrected chi connectivity index (χ4v) is 10.6. The number of allylic oxidation sites excluding steroid dienone is 1. The van der Waals surface area contributed by atoms with E-state index < -0.39 is 126 Å². The van der Waals surface area contributed by atoms with Crippen LogP contribution >= 0.6 is 0 Å². The predicted octanol–water partition coefficient (Wildman–Crippen LogP) is 5.00. The van der Waals surface area contributed by atoms with E-state index in [4.69, 9.17) is 52.8 Å². The summed E-state index contributed by atoms with van der Waals surface area (Å²) in [5, 5.41) is 23.6. The van der Waals surface area contributed by atoms with Crippen LogP contribution in [0.2, 0.25) is 0 Å². The van der Waals surface area contributed by atoms with Gasteiger partial charge in [0, 0.05) is 35.5 Å². The van der Waals surface area contributed by atoms with Crippen molar-refractivity contribution in [2.24, 2.45) is 34.3 Å². The molecule has 0 saturated carbocycles. The molecule has 9 bridgehead atoms. The van der Waals surface area contributed by atoms with Gasteiger partial charge in [0.15, 0.2) is 23.8 Å². The van der Waals surface area contributed by atoms with E-state index in [0.29, 0.717) is 64.2 Å². The third-order valence-corrected chi connectivity index (χ3v) is 15.5. The average Bonchev–Trinajstić information content (AvgIpc) is 3.84. The van der Waals surface area contributed by atoms with Crippen molar-refractivity contribution in [3.63, 3.8) is 0 Å². The Morgan fingerprint density at radius 2 is 1.35 bits per heavy atom. The number of carbonyl (C=O) groups is 3. The minimum atomic E-state index is -3.53. The lowest BCUT2D eigenvalue weighted by Crippen LogP contribution is -2.61. The number of aliphatic hydroxyl groups excluding tert-OH is 2. The molecule has 62 heavy (non-hydrogen) atoms. The zero-order valence-electron chi connectivity index (χ0n) is 39.4. The standard InChI is InChI=1S/C45H73BNO15/c1-24(2)36(47)39(50)54-27(5)30-16-12-11-13-17-32(48)42(7,8)34-21-19-26(4)45(57-34)38-41(52)56-31-23-29(53-28(31)6)15-14-18-33(49)43(9,10)35-22-20-25(3)44(58-35)37(40(51)55-30)59-46(60-38,61-44)62-45/h11-12,24-38,48-49H,13-23,47H2,1-10H3/q-1/p+1/b12-11+/t25-,26-,27-,28-,29-,30+,31+,32+,33-,34+,35+,36-,37+,38+,44-,45-,46?/m1/s1. The average molecular weight is 880 g/mol. The smallest absolute Gasteiger partial charge is 0.504 e. The van der Waals surface area contributed by atoms with Crippen molar-refractivity contribution < 1.29 is 73.1 Å². The van der Waals surface area contributed by atoms with Gasteiger partial charge in [-0.3, -0.25) is 4.79 Å². The molecule has 16 nitrogen and oxygen atoms in total. The first-order chi connectivity index (χ1) is 29.0. The van der Waals surface area contributed by atoms with Crippen molar-refractivity contribution in [1.82, 2.24) is 0 Å². The molecule has 7 aliphatic rings. The van der Waals surface area contributed by atoms with Crippen LogP contribution in [0.1, 0.15) is 141 Å². The summed E-state index contributed by atoms with van der Waals surface area (Å²) in [6.07, 6.45) is -0.362. The van der Waals surface area contributed by atoms with Crippen molar-refractivity contribution in [1.29, 1.82) is 0 Å². The normalized spacial score (nSPS) is 46.3. The van der Waals surface area contributed by atoms with Gasteiger partial charge in [-0.1, -0.05) is 67.5 Å². The second-order valence-electron chi connectivity index (χ2n) is 20.9. The molecular weight excluding hydrogens is 805 g/mol. The molecule has 7 rings (SSSR count). The number of cyclic esters (lactones) is 1. The van der Waals surface area contributed by atoms with Crippen LogP contribution in [0, 0.1) is 28.6 Å². The summed E-state index contributed by atoms with van der Waals surface area (Å²) >= 11 is 0. The molecule has 0 aromatic rings. The van der Waals surface area contributed by atoms with Gasteiger partial charge in [-0.2, -0.15) is 0 Å². The van der Waals surface area contributed by atoms with Gasteiger partial charge < -0.3 is 63.0 Å². The molecule has 0 amide bonds. The Morgan fingerprint density at radius 1 is 0.806 bits per heavy atom. The topological polar surface area (TPSA) is 210 Å². The van der Waals surface area contributed by atoms with Crippen molar-refractivity contribution in [3.05, 3.63) is 12.2 Å². The molecule has 17 atom stereocenters. The van der Waals surface area contributed by atoms with E-state index in [1.54, 1.807) is 6.92 Å². The summed E-state index contributed by atoms with van der Waals surface area (Å²) in [6, 6.07) is -0.902. The van der Waals surface area contributed by atoms with Crippen LogP contribution in [0.5, 0.6) is 0 Å². The van der Waals surface area contributed by atoms with Gasteiger partial charge in [-0.15, -0.1) is 0 Å². The largest absolute Gasteiger partial charge is 1.00 e. The molecule has 0 aromatic carbocycles. The van der Waals surface area contributed by atoms with Crippen LogP contribution in [0.25, 0.3) is 0 Å². The van der Waals surface area contributed by atoms with Gasteiger partial charge in [0.25, 0.3) is 0 Å². The fraction of sp³-hybridized carbons (Fsp3) is 0.889. The molecule has 4 N–H and O–H groups in total. The number of hydrogen-bond donors (Lipinski definition) is 3. The van der Waals surface area contributed by atoms with E-state index in [0.717, 1.165) is 0 Å². The van der Waals surface area contributed by atoms with Gasteiger partial charge in [0.1, 0.15) is 24.4 Å². The maximum absolute atomic E-state index is 15.0. The minimum absolute atomic E-state index is 0. The number of aliphatic hydroxyl groups is 2. The van der Waals surface area contributed by atoms with E-state index in [1.165, 1.54) is 0 Å². The summed E-state index contributed by atoms with van der Waals surface area (Å²) in [7, 11) is 0. The number of esters is 3. The molecule has 7 aliphatic heterocycles. The summed E-state index contributed by atoms with van der Waals surface area (Å²) in [4.78, 5) is 42.9. The quantitative estimate of drug-likeness (QED) is 0.147. The van der Waals surface area contributed by atoms with Crippen LogP contribution in [-0.2, 0) is 61.4 Å². The Hall–Kier alpha value is -2.19. The summed E-state index contributed by atoms with van der Waals surface area (Å²) in [5.74, 6) is -7.31. The molecule has 17 heteroatoms. The fourth-order valence-electron chi connectivity index (χ4n) is 10.6. The Bertz CT molecular complexity index is 1690. The van der Waals surface area contributed by atoms with E-state index >= 15 is 4.79 Å². The molecular formula is C45H74BNO15. The van der Waals surface area contributed by atoms with E-state index in [1.807, 2.05) is 74.5 Å². The second-order valence-corrected chi connectivity index (χ2v) is 20.9. The molecule has 0 aromatic heterocycles. The third kappa shape index (κ3) is 8.78. The lowest BCUT2D eigenvalue weighted by Gasteiger charge is -2.52. The number of fused-ring (bicyclic) bond motifs is 6. The van der Waals surface area contributed by atoms with Gasteiger partial charge in [0.2, 0.25) is 0 Å². The van der Waals surface area contributed by atoms with Crippen LogP contribution in [0.3, 0.4) is 0 Å². The SMILES string of the molecule is CC(C)[C@@H](N)C(=O)O[C@H](C)[C@@H]1C/C=C/CC[C@H](O)C(C)(C)[C@@H]2CC[C@@H](C)[C@@]3(O2)O[B-]24O[C@@H](C(=O)O1)[C@]1(O[C@@H](CC[C@H]1C)C(C)(C)[C@H](O)CCC[C@@H]1C[C@H](OC(=O)[C@@H]3O2)[C@@H](C)O1)O4.[H+]. The molecule has 3 spiro atoms. The van der Waals surface area contributed by atoms with E-state index in [2.05, 4.69) is 0 Å². The number of rotatable bonds is 4. The van der Waals surface area contributed by atoms with E-state index in [9.17, 15) is 19.8 Å². The van der Waals surface area contributed by atoms with Crippen LogP contribution in [0.4, 0.5) is 0 Å². The first-order valence-electron chi connectivity index (χ1n) is 23.3. The highest BCUT2D eigenvalue weighted by Gasteiger charge is 2.73. The maximum Gasteiger partial charge on any atom is 1.00 e. The Labute approximate surface area is 368 Å². The zero-order chi connectivity index (χ0) is 45.2. The highest BCUT2D eigenvalue weighted by molar-refractivity contribution is 6.56. The summed E-state index contributed by atoms with van der Waals surface area (Å²) in [5.41, 5.74) is 4.48. The van der Waals surface area contributed by atoms with Crippen LogP contribution in [0.15, 0.2) is 12.2 Å². The number of nitrogens with two attached hydrogens (primary N) is 1. The lowest BCUT2D eigenvalue weighted by atomic mass is 9.73. The highest BCUT2D eigenvalue weighted by atomic mass is 17.0. The van der Waals surface area contributed by atoms with Crippen LogP contribution < -0.4 is 5.73 Å². The molecule has 1 unspecified atom stereocenters. The third-order valence-electron chi connectivity index (χ3n) is 15.5. The van der Waals surface area contributed by atoms with Gasteiger partial charge in [0.05, 0.1) is 36.6 Å². The van der Waals surface area contributed by atoms with Gasteiger partial charge in [-0.05, 0) is 77.6 Å². The monoisotopic (exact) mass is 880 g/mol. The van der Waals surface area contributed by atoms with Gasteiger partial charge in [-0.25, -0.2) is 9.59 Å². The minimum Gasteiger partial charge on any atom is -0.504 e. The molecule has 7 heterocycles. The van der Waals surface area contributed by atoms with Crippen LogP contribution in [-0.4, -0.2) is 120 Å². The summed E-state index contributed by atoms with van der Waals surface area (Å²) < 4.78 is 66.0. The maximum atomic E-state index is 15.0. The highest BCUT2D eigenvalue weighted by Crippen LogP contribution is 2.57. The molecule has 0 radical (unpaired) electrons.